The maximum Gasteiger partial charge on any atom is 0.236 e. The van der Waals surface area contributed by atoms with E-state index in [2.05, 4.69) is 11.8 Å². The lowest BCUT2D eigenvalue weighted by Crippen LogP contribution is -2.51. The number of ketones is 2. The predicted molar refractivity (Wildman–Crippen MR) is 92.1 cm³/mol. The van der Waals surface area contributed by atoms with Crippen LogP contribution < -0.4 is 5.73 Å². The van der Waals surface area contributed by atoms with Gasteiger partial charge in [-0.1, -0.05) is 27.2 Å². The third-order valence-corrected chi connectivity index (χ3v) is 4.17. The van der Waals surface area contributed by atoms with Gasteiger partial charge in [-0.15, -0.1) is 0 Å². The van der Waals surface area contributed by atoms with Crippen LogP contribution in [-0.2, 0) is 14.4 Å². The highest BCUT2D eigenvalue weighted by Crippen LogP contribution is 2.22. The van der Waals surface area contributed by atoms with Crippen LogP contribution in [-0.4, -0.2) is 66.5 Å². The lowest BCUT2D eigenvalue weighted by Gasteiger charge is -2.33. The van der Waals surface area contributed by atoms with Crippen molar-refractivity contribution in [2.45, 2.75) is 47.5 Å². The van der Waals surface area contributed by atoms with E-state index in [0.717, 1.165) is 25.9 Å². The minimum atomic E-state index is -0.0885. The van der Waals surface area contributed by atoms with Crippen molar-refractivity contribution < 1.29 is 14.4 Å². The van der Waals surface area contributed by atoms with Crippen molar-refractivity contribution in [1.29, 1.82) is 0 Å². The molecule has 0 bridgehead atoms. The Labute approximate surface area is 140 Å². The highest BCUT2D eigenvalue weighted by Gasteiger charge is 2.21. The standard InChI is InChI=1S/C9H17N3O2.C8H16O/c1-8(13)7-11-2-4-12(5-3-11)9(14)6-10;1-5-6-8(3,4)7(2)9/h2-7,10H2,1H3;5-6H2,1-4H3. The van der Waals surface area contributed by atoms with Crippen molar-refractivity contribution in [1.82, 2.24) is 9.80 Å². The second-order valence-electron chi connectivity index (χ2n) is 6.75. The summed E-state index contributed by atoms with van der Waals surface area (Å²) in [6.45, 7) is 12.8. The zero-order chi connectivity index (χ0) is 18.0. The molecule has 0 aromatic heterocycles. The van der Waals surface area contributed by atoms with Crippen LogP contribution in [0.5, 0.6) is 0 Å². The van der Waals surface area contributed by atoms with Gasteiger partial charge in [-0.2, -0.15) is 0 Å². The highest BCUT2D eigenvalue weighted by molar-refractivity contribution is 5.81. The molecule has 134 valence electrons. The average Bonchev–Trinajstić information content (AvgIpc) is 2.47. The Kier molecular flexibility index (Phi) is 9.91. The molecule has 0 aromatic rings. The van der Waals surface area contributed by atoms with Crippen LogP contribution in [0.2, 0.25) is 0 Å². The summed E-state index contributed by atoms with van der Waals surface area (Å²) in [5, 5.41) is 0. The Hall–Kier alpha value is -1.27. The fraction of sp³-hybridized carbons (Fsp3) is 0.824. The quantitative estimate of drug-likeness (QED) is 0.789. The summed E-state index contributed by atoms with van der Waals surface area (Å²) in [7, 11) is 0. The average molecular weight is 327 g/mol. The Morgan fingerprint density at radius 2 is 1.57 bits per heavy atom. The van der Waals surface area contributed by atoms with Crippen LogP contribution in [0, 0.1) is 5.41 Å². The normalized spacial score (nSPS) is 15.7. The highest BCUT2D eigenvalue weighted by atomic mass is 16.2. The van der Waals surface area contributed by atoms with Gasteiger partial charge in [-0.05, 0) is 20.3 Å². The van der Waals surface area contributed by atoms with E-state index in [1.807, 2.05) is 13.8 Å². The molecule has 23 heavy (non-hydrogen) atoms. The second-order valence-corrected chi connectivity index (χ2v) is 6.75. The number of carbonyl (C=O) groups excluding carboxylic acids is 3. The summed E-state index contributed by atoms with van der Waals surface area (Å²) in [6, 6.07) is 0. The number of nitrogens with zero attached hydrogens (tertiary/aromatic N) is 2. The molecule has 1 rings (SSSR count). The predicted octanol–water partition coefficient (Wildman–Crippen LogP) is 1.08. The SMILES string of the molecule is CC(=O)CN1CCN(C(=O)CN)CC1.CCCC(C)(C)C(C)=O. The van der Waals surface area contributed by atoms with Crippen LogP contribution in [0.1, 0.15) is 47.5 Å². The fourth-order valence-corrected chi connectivity index (χ4v) is 2.40. The molecule has 2 N–H and O–H groups in total. The van der Waals surface area contributed by atoms with E-state index in [0.29, 0.717) is 25.4 Å². The van der Waals surface area contributed by atoms with E-state index in [1.165, 1.54) is 0 Å². The van der Waals surface area contributed by atoms with E-state index in [4.69, 9.17) is 5.73 Å². The van der Waals surface area contributed by atoms with Crippen LogP contribution >= 0.6 is 0 Å². The third-order valence-electron chi connectivity index (χ3n) is 4.17. The summed E-state index contributed by atoms with van der Waals surface area (Å²) in [6.07, 6.45) is 2.09. The van der Waals surface area contributed by atoms with Crippen LogP contribution in [0.25, 0.3) is 0 Å². The summed E-state index contributed by atoms with van der Waals surface area (Å²) in [5.74, 6) is 0.459. The van der Waals surface area contributed by atoms with Gasteiger partial charge < -0.3 is 10.6 Å². The lowest BCUT2D eigenvalue weighted by molar-refractivity contribution is -0.131. The number of rotatable bonds is 6. The molecule has 1 heterocycles. The zero-order valence-corrected chi connectivity index (χ0v) is 15.4. The number of nitrogens with two attached hydrogens (primary N) is 1. The van der Waals surface area contributed by atoms with Crippen molar-refractivity contribution in [2.24, 2.45) is 11.1 Å². The van der Waals surface area contributed by atoms with E-state index in [-0.39, 0.29) is 23.7 Å². The van der Waals surface area contributed by atoms with Crippen molar-refractivity contribution in [2.75, 3.05) is 39.3 Å². The smallest absolute Gasteiger partial charge is 0.236 e. The van der Waals surface area contributed by atoms with Gasteiger partial charge in [0.25, 0.3) is 0 Å². The Bertz CT molecular complexity index is 400. The van der Waals surface area contributed by atoms with Crippen LogP contribution in [0.15, 0.2) is 0 Å². The molecule has 1 fully saturated rings. The molecule has 1 saturated heterocycles. The van der Waals surface area contributed by atoms with Crippen molar-refractivity contribution in [3.63, 3.8) is 0 Å². The summed E-state index contributed by atoms with van der Waals surface area (Å²) in [4.78, 5) is 36.7. The first kappa shape index (κ1) is 21.7. The molecular formula is C17H33N3O3. The minimum Gasteiger partial charge on any atom is -0.339 e. The van der Waals surface area contributed by atoms with Crippen molar-refractivity contribution in [3.05, 3.63) is 0 Å². The van der Waals surface area contributed by atoms with E-state index < -0.39 is 0 Å². The molecule has 1 aliphatic heterocycles. The fourth-order valence-electron chi connectivity index (χ4n) is 2.40. The topological polar surface area (TPSA) is 83.7 Å². The summed E-state index contributed by atoms with van der Waals surface area (Å²) in [5.41, 5.74) is 5.17. The van der Waals surface area contributed by atoms with Gasteiger partial charge >= 0.3 is 0 Å². The zero-order valence-electron chi connectivity index (χ0n) is 15.4. The van der Waals surface area contributed by atoms with Crippen LogP contribution in [0.4, 0.5) is 0 Å². The summed E-state index contributed by atoms with van der Waals surface area (Å²) >= 11 is 0. The molecular weight excluding hydrogens is 294 g/mol. The minimum absolute atomic E-state index is 0.00697. The van der Waals surface area contributed by atoms with E-state index in [9.17, 15) is 14.4 Å². The lowest BCUT2D eigenvalue weighted by atomic mass is 9.84. The maximum absolute atomic E-state index is 11.2. The molecule has 0 saturated carbocycles. The molecule has 0 spiro atoms. The van der Waals surface area contributed by atoms with Gasteiger partial charge in [0, 0.05) is 31.6 Å². The number of hydrogen-bond donors (Lipinski definition) is 1. The van der Waals surface area contributed by atoms with Crippen molar-refractivity contribution >= 4 is 17.5 Å². The first-order chi connectivity index (χ1) is 10.6. The third kappa shape index (κ3) is 8.81. The van der Waals surface area contributed by atoms with Gasteiger partial charge in [-0.3, -0.25) is 19.3 Å². The Morgan fingerprint density at radius 3 is 1.87 bits per heavy atom. The van der Waals surface area contributed by atoms with Crippen LogP contribution in [0.3, 0.4) is 0 Å². The van der Waals surface area contributed by atoms with Gasteiger partial charge in [0.2, 0.25) is 5.91 Å². The molecule has 0 unspecified atom stereocenters. The number of piperazine rings is 1. The molecule has 0 atom stereocenters. The number of amides is 1. The number of hydrogen-bond acceptors (Lipinski definition) is 5. The number of Topliss-reactive ketones (excluding diaryl/α,β-unsaturated/α-hetero) is 2. The molecule has 6 heteroatoms. The number of carbonyl (C=O) groups is 3. The second kappa shape index (κ2) is 10.5. The van der Waals surface area contributed by atoms with Gasteiger partial charge in [0.1, 0.15) is 11.6 Å². The first-order valence-electron chi connectivity index (χ1n) is 8.34. The molecule has 0 aromatic carbocycles. The Morgan fingerprint density at radius 1 is 1.04 bits per heavy atom. The summed E-state index contributed by atoms with van der Waals surface area (Å²) < 4.78 is 0. The monoisotopic (exact) mass is 327 g/mol. The van der Waals surface area contributed by atoms with Gasteiger partial charge in [-0.25, -0.2) is 0 Å². The Balaban J connectivity index is 0.000000468. The van der Waals surface area contributed by atoms with E-state index in [1.54, 1.807) is 18.7 Å². The molecule has 1 amide bonds. The maximum atomic E-state index is 11.2. The molecule has 0 radical (unpaired) electrons. The molecule has 1 aliphatic rings. The van der Waals surface area contributed by atoms with Gasteiger partial charge in [0.05, 0.1) is 13.1 Å². The first-order valence-corrected chi connectivity index (χ1v) is 8.34. The molecule has 6 nitrogen and oxygen atoms in total. The molecule has 0 aliphatic carbocycles. The largest absolute Gasteiger partial charge is 0.339 e. The van der Waals surface area contributed by atoms with Gasteiger partial charge in [0.15, 0.2) is 0 Å². The van der Waals surface area contributed by atoms with Crippen molar-refractivity contribution in [3.8, 4) is 0 Å². The van der Waals surface area contributed by atoms with E-state index >= 15 is 0 Å².